The number of carbonyl (C=O) groups excluding carboxylic acids is 4. The highest BCUT2D eigenvalue weighted by Crippen LogP contribution is 2.52. The lowest BCUT2D eigenvalue weighted by Gasteiger charge is -2.27. The molecule has 0 atom stereocenters. The van der Waals surface area contributed by atoms with E-state index in [4.69, 9.17) is 18.9 Å². The molecule has 0 amide bonds. The number of carbonyl (C=O) groups is 4. The first kappa shape index (κ1) is 26.4. The van der Waals surface area contributed by atoms with Gasteiger partial charge in [0.2, 0.25) is 0 Å². The quantitative estimate of drug-likeness (QED) is 0.209. The lowest BCUT2D eigenvalue weighted by atomic mass is 9.75. The average Bonchev–Trinajstić information content (AvgIpc) is 3.01. The summed E-state index contributed by atoms with van der Waals surface area (Å²) < 4.78 is 20.5. The Hall–Kier alpha value is -5.24. The van der Waals surface area contributed by atoms with Crippen molar-refractivity contribution in [3.63, 3.8) is 0 Å². The van der Waals surface area contributed by atoms with Crippen molar-refractivity contribution in [2.24, 2.45) is 0 Å². The van der Waals surface area contributed by atoms with E-state index < -0.39 is 23.9 Å². The molecule has 0 radical (unpaired) electrons. The van der Waals surface area contributed by atoms with Gasteiger partial charge in [0, 0.05) is 22.3 Å². The summed E-state index contributed by atoms with van der Waals surface area (Å²) in [6, 6.07) is 20.3. The van der Waals surface area contributed by atoms with Crippen LogP contribution in [0.4, 0.5) is 0 Å². The lowest BCUT2D eigenvalue weighted by molar-refractivity contribution is 0.0588. The molecule has 8 nitrogen and oxygen atoms in total. The van der Waals surface area contributed by atoms with Gasteiger partial charge < -0.3 is 18.9 Å². The van der Waals surface area contributed by atoms with Crippen LogP contribution in [0.3, 0.4) is 0 Å². The van der Waals surface area contributed by atoms with Crippen LogP contribution < -0.4 is 0 Å². The van der Waals surface area contributed by atoms with Gasteiger partial charge >= 0.3 is 23.9 Å². The molecular weight excluding hydrogens is 512 g/mol. The van der Waals surface area contributed by atoms with Gasteiger partial charge in [0.25, 0.3) is 0 Å². The molecule has 8 heteroatoms. The Labute approximate surface area is 230 Å². The molecule has 0 spiro atoms. The Morgan fingerprint density at radius 1 is 0.375 bits per heavy atom. The Kier molecular flexibility index (Phi) is 6.92. The fourth-order valence-corrected chi connectivity index (χ4v) is 5.28. The van der Waals surface area contributed by atoms with E-state index in [1.807, 2.05) is 0 Å². The van der Waals surface area contributed by atoms with Gasteiger partial charge in [-0.1, -0.05) is 48.5 Å². The first-order valence-electron chi connectivity index (χ1n) is 12.2. The third-order valence-electron chi connectivity index (χ3n) is 6.96. The molecule has 0 N–H and O–H groups in total. The molecule has 0 unspecified atom stereocenters. The minimum atomic E-state index is -0.614. The van der Waals surface area contributed by atoms with E-state index in [-0.39, 0.29) is 22.3 Å². The normalized spacial score (nSPS) is 10.9. The van der Waals surface area contributed by atoms with Gasteiger partial charge in [-0.3, -0.25) is 0 Å². The van der Waals surface area contributed by atoms with Gasteiger partial charge in [-0.15, -0.1) is 0 Å². The van der Waals surface area contributed by atoms with Crippen molar-refractivity contribution in [1.82, 2.24) is 0 Å². The molecule has 5 rings (SSSR count). The van der Waals surface area contributed by atoms with Crippen molar-refractivity contribution in [2.75, 3.05) is 28.4 Å². The predicted molar refractivity (Wildman–Crippen MR) is 147 cm³/mol. The van der Waals surface area contributed by atoms with E-state index >= 15 is 0 Å². The van der Waals surface area contributed by atoms with Crippen LogP contribution in [0.15, 0.2) is 72.8 Å². The number of fused-ring (bicyclic) bond motifs is 8. The highest BCUT2D eigenvalue weighted by molar-refractivity contribution is 6.18. The summed E-state index contributed by atoms with van der Waals surface area (Å²) in [5.74, 6) is -2.45. The molecule has 0 saturated carbocycles. The molecule has 0 bridgehead atoms. The van der Waals surface area contributed by atoms with Crippen LogP contribution >= 0.6 is 0 Å². The van der Waals surface area contributed by atoms with E-state index in [2.05, 4.69) is 0 Å². The van der Waals surface area contributed by atoms with Crippen LogP contribution in [0.25, 0.3) is 44.5 Å². The highest BCUT2D eigenvalue weighted by Gasteiger charge is 2.34. The topological polar surface area (TPSA) is 105 Å². The number of ether oxygens (including phenoxy) is 4. The Bertz CT molecular complexity index is 1470. The largest absolute Gasteiger partial charge is 0.465 e. The van der Waals surface area contributed by atoms with Gasteiger partial charge in [-0.2, -0.15) is 0 Å². The van der Waals surface area contributed by atoms with Gasteiger partial charge in [0.15, 0.2) is 0 Å². The summed E-state index contributed by atoms with van der Waals surface area (Å²) in [6.45, 7) is 0. The minimum absolute atomic E-state index is 0.208. The molecule has 40 heavy (non-hydrogen) atoms. The molecule has 0 heterocycles. The van der Waals surface area contributed by atoms with E-state index in [1.54, 1.807) is 48.5 Å². The summed E-state index contributed by atoms with van der Waals surface area (Å²) in [6.07, 6.45) is 0. The molecular formula is C32H24O8. The first-order chi connectivity index (χ1) is 19.4. The lowest BCUT2D eigenvalue weighted by Crippen LogP contribution is -2.14. The Balaban J connectivity index is 2.11. The maximum Gasteiger partial charge on any atom is 0.338 e. The minimum Gasteiger partial charge on any atom is -0.465 e. The smallest absolute Gasteiger partial charge is 0.338 e. The third-order valence-corrected chi connectivity index (χ3v) is 6.96. The highest BCUT2D eigenvalue weighted by atomic mass is 16.5. The molecule has 0 aliphatic heterocycles. The van der Waals surface area contributed by atoms with E-state index in [9.17, 15) is 19.2 Å². The number of methoxy groups -OCH3 is 4. The third kappa shape index (κ3) is 4.01. The van der Waals surface area contributed by atoms with Crippen LogP contribution in [0.1, 0.15) is 41.4 Å². The summed E-state index contributed by atoms with van der Waals surface area (Å²) >= 11 is 0. The monoisotopic (exact) mass is 536 g/mol. The van der Waals surface area contributed by atoms with Crippen LogP contribution in [-0.2, 0) is 18.9 Å². The van der Waals surface area contributed by atoms with Gasteiger partial charge in [-0.25, -0.2) is 19.2 Å². The van der Waals surface area contributed by atoms with Gasteiger partial charge in [-0.05, 0) is 46.5 Å². The van der Waals surface area contributed by atoms with Crippen LogP contribution in [0.5, 0.6) is 0 Å². The molecule has 0 aromatic heterocycles. The maximum absolute atomic E-state index is 13.1. The number of benzene rings is 4. The number of rotatable bonds is 4. The Morgan fingerprint density at radius 2 is 0.575 bits per heavy atom. The zero-order chi connectivity index (χ0) is 28.6. The molecule has 1 aliphatic rings. The Morgan fingerprint density at radius 3 is 0.750 bits per heavy atom. The molecule has 1 aliphatic carbocycles. The van der Waals surface area contributed by atoms with Crippen molar-refractivity contribution in [2.45, 2.75) is 0 Å². The molecule has 0 saturated heterocycles. The molecule has 200 valence electrons. The predicted octanol–water partition coefficient (Wildman–Crippen LogP) is 5.81. The zero-order valence-electron chi connectivity index (χ0n) is 22.2. The van der Waals surface area contributed by atoms with Crippen molar-refractivity contribution in [1.29, 1.82) is 0 Å². The SMILES string of the molecule is COC(=O)c1ccc(C(=O)OC)c2c1-c1ccccc1-c1c(C(=O)OC)ccc(C(=O)OC)c1-c1ccccc1-2. The average molecular weight is 537 g/mol. The van der Waals surface area contributed by atoms with Crippen molar-refractivity contribution in [3.05, 3.63) is 95.1 Å². The van der Waals surface area contributed by atoms with Crippen molar-refractivity contribution < 1.29 is 38.1 Å². The van der Waals surface area contributed by atoms with Crippen molar-refractivity contribution in [3.8, 4) is 44.5 Å². The molecule has 0 fully saturated rings. The fourth-order valence-electron chi connectivity index (χ4n) is 5.28. The summed E-state index contributed by atoms with van der Waals surface area (Å²) in [4.78, 5) is 52.5. The standard InChI is InChI=1S/C32H24O8/c1-37-29(33)21-13-14-22(30(34)38-2)26-19-11-7-8-12-20(19)28-24(32(36)40-4)16-15-23(31(35)39-3)27(28)18-10-6-5-9-17(18)25(21)26/h5-16H,1-4H3. The number of hydrogen-bond acceptors (Lipinski definition) is 8. The summed E-state index contributed by atoms with van der Waals surface area (Å²) in [7, 11) is 5.11. The molecule has 4 aromatic carbocycles. The van der Waals surface area contributed by atoms with Crippen LogP contribution in [0.2, 0.25) is 0 Å². The second-order valence-electron chi connectivity index (χ2n) is 8.88. The fraction of sp³-hybridized carbons (Fsp3) is 0.125. The van der Waals surface area contributed by atoms with Crippen molar-refractivity contribution >= 4 is 23.9 Å². The molecule has 4 aromatic rings. The van der Waals surface area contributed by atoms with E-state index in [1.165, 1.54) is 52.7 Å². The second kappa shape index (κ2) is 10.5. The van der Waals surface area contributed by atoms with Gasteiger partial charge in [0.1, 0.15) is 0 Å². The van der Waals surface area contributed by atoms with E-state index in [0.29, 0.717) is 44.5 Å². The number of esters is 4. The summed E-state index contributed by atoms with van der Waals surface area (Å²) in [5.41, 5.74) is 4.64. The summed E-state index contributed by atoms with van der Waals surface area (Å²) in [5, 5.41) is 0. The second-order valence-corrected chi connectivity index (χ2v) is 8.88. The maximum atomic E-state index is 13.1. The van der Waals surface area contributed by atoms with Gasteiger partial charge in [0.05, 0.1) is 50.7 Å². The number of hydrogen-bond donors (Lipinski definition) is 0. The van der Waals surface area contributed by atoms with Crippen LogP contribution in [0, 0.1) is 0 Å². The van der Waals surface area contributed by atoms with Crippen LogP contribution in [-0.4, -0.2) is 52.3 Å². The zero-order valence-corrected chi connectivity index (χ0v) is 22.2. The first-order valence-corrected chi connectivity index (χ1v) is 12.2. The van der Waals surface area contributed by atoms with E-state index in [0.717, 1.165) is 0 Å².